The molecule has 3 rings (SSSR count). The van der Waals surface area contributed by atoms with Crippen LogP contribution in [0.4, 0.5) is 0 Å². The predicted octanol–water partition coefficient (Wildman–Crippen LogP) is 2.92. The summed E-state index contributed by atoms with van der Waals surface area (Å²) >= 11 is 0. The number of H-pyrrole nitrogens is 1. The Balaban J connectivity index is 1.97. The number of methoxy groups -OCH3 is 1. The van der Waals surface area contributed by atoms with Gasteiger partial charge in [0, 0.05) is 49.3 Å². The highest BCUT2D eigenvalue weighted by Gasteiger charge is 2.23. The van der Waals surface area contributed by atoms with Crippen molar-refractivity contribution >= 4 is 10.9 Å². The van der Waals surface area contributed by atoms with Crippen LogP contribution in [0.5, 0.6) is 5.75 Å². The fourth-order valence-corrected chi connectivity index (χ4v) is 3.33. The molecule has 0 saturated carbocycles. The molecule has 0 unspecified atom stereocenters. The van der Waals surface area contributed by atoms with Gasteiger partial charge >= 0.3 is 0 Å². The van der Waals surface area contributed by atoms with E-state index in [0.717, 1.165) is 31.9 Å². The standard InChI is InChI=1S/C17H25N3O/c1-3-4-17(20-9-7-18-8-10-20)15-12-19-16-6-5-13(21-2)11-14(15)16/h5-6,11-12,17-19H,3-4,7-10H2,1-2H3/t17-/m1/s1. The summed E-state index contributed by atoms with van der Waals surface area (Å²) in [6, 6.07) is 6.78. The fraction of sp³-hybridized carbons (Fsp3) is 0.529. The van der Waals surface area contributed by atoms with Crippen LogP contribution < -0.4 is 10.1 Å². The molecule has 0 amide bonds. The first kappa shape index (κ1) is 14.4. The molecule has 2 N–H and O–H groups in total. The second kappa shape index (κ2) is 6.50. The zero-order chi connectivity index (χ0) is 14.7. The third kappa shape index (κ3) is 2.92. The number of aromatic amines is 1. The first-order valence-electron chi connectivity index (χ1n) is 7.93. The van der Waals surface area contributed by atoms with Crippen molar-refractivity contribution in [3.8, 4) is 5.75 Å². The van der Waals surface area contributed by atoms with Gasteiger partial charge in [-0.25, -0.2) is 0 Å². The average Bonchev–Trinajstić information content (AvgIpc) is 2.96. The summed E-state index contributed by atoms with van der Waals surface area (Å²) in [6.45, 7) is 6.70. The second-order valence-corrected chi connectivity index (χ2v) is 5.75. The van der Waals surface area contributed by atoms with Gasteiger partial charge < -0.3 is 15.0 Å². The van der Waals surface area contributed by atoms with Gasteiger partial charge in [0.05, 0.1) is 7.11 Å². The monoisotopic (exact) mass is 287 g/mol. The van der Waals surface area contributed by atoms with Crippen LogP contribution in [-0.2, 0) is 0 Å². The molecular formula is C17H25N3O. The van der Waals surface area contributed by atoms with Crippen molar-refractivity contribution in [2.24, 2.45) is 0 Å². The lowest BCUT2D eigenvalue weighted by molar-refractivity contribution is 0.165. The number of hydrogen-bond acceptors (Lipinski definition) is 3. The number of nitrogens with one attached hydrogen (secondary N) is 2. The smallest absolute Gasteiger partial charge is 0.119 e. The van der Waals surface area contributed by atoms with Crippen LogP contribution in [0.3, 0.4) is 0 Å². The summed E-state index contributed by atoms with van der Waals surface area (Å²) in [7, 11) is 1.73. The van der Waals surface area contributed by atoms with E-state index in [0.29, 0.717) is 6.04 Å². The van der Waals surface area contributed by atoms with Gasteiger partial charge in [-0.2, -0.15) is 0 Å². The predicted molar refractivity (Wildman–Crippen MR) is 86.9 cm³/mol. The van der Waals surface area contributed by atoms with E-state index in [1.165, 1.54) is 29.3 Å². The summed E-state index contributed by atoms with van der Waals surface area (Å²) in [5, 5.41) is 4.74. The van der Waals surface area contributed by atoms with Gasteiger partial charge in [-0.1, -0.05) is 13.3 Å². The number of piperazine rings is 1. The molecule has 1 fully saturated rings. The number of rotatable bonds is 5. The van der Waals surface area contributed by atoms with Crippen molar-refractivity contribution in [2.45, 2.75) is 25.8 Å². The Labute approximate surface area is 126 Å². The maximum atomic E-state index is 5.39. The minimum absolute atomic E-state index is 0.498. The van der Waals surface area contributed by atoms with Gasteiger partial charge in [0.1, 0.15) is 5.75 Å². The van der Waals surface area contributed by atoms with Gasteiger partial charge in [-0.3, -0.25) is 4.90 Å². The normalized spacial score (nSPS) is 18.0. The molecule has 1 saturated heterocycles. The molecule has 114 valence electrons. The van der Waals surface area contributed by atoms with Gasteiger partial charge in [0.2, 0.25) is 0 Å². The molecule has 1 aromatic heterocycles. The Bertz CT molecular complexity index is 587. The Morgan fingerprint density at radius 2 is 2.10 bits per heavy atom. The molecule has 2 aromatic rings. The van der Waals surface area contributed by atoms with Crippen LogP contribution in [0.25, 0.3) is 10.9 Å². The van der Waals surface area contributed by atoms with E-state index in [2.05, 4.69) is 40.5 Å². The van der Waals surface area contributed by atoms with Crippen LogP contribution in [0.1, 0.15) is 31.4 Å². The number of ether oxygens (including phenoxy) is 1. The number of benzene rings is 1. The molecular weight excluding hydrogens is 262 g/mol. The quantitative estimate of drug-likeness (QED) is 0.888. The average molecular weight is 287 g/mol. The maximum absolute atomic E-state index is 5.39. The molecule has 0 bridgehead atoms. The molecule has 1 aromatic carbocycles. The molecule has 0 radical (unpaired) electrons. The first-order chi connectivity index (χ1) is 10.3. The van der Waals surface area contributed by atoms with Crippen molar-refractivity contribution in [3.63, 3.8) is 0 Å². The van der Waals surface area contributed by atoms with E-state index in [4.69, 9.17) is 4.74 Å². The summed E-state index contributed by atoms with van der Waals surface area (Å²) in [5.74, 6) is 0.930. The molecule has 1 aliphatic heterocycles. The van der Waals surface area contributed by atoms with Crippen molar-refractivity contribution in [1.29, 1.82) is 0 Å². The van der Waals surface area contributed by atoms with E-state index in [1.54, 1.807) is 7.11 Å². The fourth-order valence-electron chi connectivity index (χ4n) is 3.33. The van der Waals surface area contributed by atoms with Gasteiger partial charge in [0.15, 0.2) is 0 Å². The molecule has 0 spiro atoms. The van der Waals surface area contributed by atoms with Crippen LogP contribution in [0.2, 0.25) is 0 Å². The summed E-state index contributed by atoms with van der Waals surface area (Å²) in [4.78, 5) is 6.03. The van der Waals surface area contributed by atoms with Crippen molar-refractivity contribution in [2.75, 3.05) is 33.3 Å². The van der Waals surface area contributed by atoms with Crippen molar-refractivity contribution in [3.05, 3.63) is 30.0 Å². The zero-order valence-electron chi connectivity index (χ0n) is 13.0. The van der Waals surface area contributed by atoms with Crippen LogP contribution in [0.15, 0.2) is 24.4 Å². The Hall–Kier alpha value is -1.52. The second-order valence-electron chi connectivity index (χ2n) is 5.75. The highest BCUT2D eigenvalue weighted by Crippen LogP contribution is 2.33. The number of nitrogens with zero attached hydrogens (tertiary/aromatic N) is 1. The Morgan fingerprint density at radius 1 is 1.29 bits per heavy atom. The van der Waals surface area contributed by atoms with Crippen LogP contribution in [-0.4, -0.2) is 43.2 Å². The Morgan fingerprint density at radius 3 is 2.81 bits per heavy atom. The summed E-state index contributed by atoms with van der Waals surface area (Å²) < 4.78 is 5.39. The third-order valence-corrected chi connectivity index (χ3v) is 4.43. The molecule has 1 atom stereocenters. The molecule has 4 heteroatoms. The number of aromatic nitrogens is 1. The van der Waals surface area contributed by atoms with Gasteiger partial charge in [-0.05, 0) is 30.2 Å². The molecule has 0 aliphatic carbocycles. The van der Waals surface area contributed by atoms with Crippen molar-refractivity contribution < 1.29 is 4.74 Å². The Kier molecular flexibility index (Phi) is 4.46. The molecule has 21 heavy (non-hydrogen) atoms. The molecule has 1 aliphatic rings. The largest absolute Gasteiger partial charge is 0.497 e. The van der Waals surface area contributed by atoms with E-state index < -0.39 is 0 Å². The topological polar surface area (TPSA) is 40.3 Å². The van der Waals surface area contributed by atoms with E-state index in [1.807, 2.05) is 6.07 Å². The minimum atomic E-state index is 0.498. The minimum Gasteiger partial charge on any atom is -0.497 e. The van der Waals surface area contributed by atoms with Gasteiger partial charge in [0.25, 0.3) is 0 Å². The van der Waals surface area contributed by atoms with Crippen LogP contribution in [0, 0.1) is 0 Å². The SMILES string of the molecule is CCC[C@H](c1c[nH]c2ccc(OC)cc12)N1CCNCC1. The zero-order valence-corrected chi connectivity index (χ0v) is 13.0. The summed E-state index contributed by atoms with van der Waals surface area (Å²) in [6.07, 6.45) is 4.59. The lowest BCUT2D eigenvalue weighted by atomic mass is 9.99. The molecule has 2 heterocycles. The highest BCUT2D eigenvalue weighted by molar-refractivity contribution is 5.85. The van der Waals surface area contributed by atoms with E-state index >= 15 is 0 Å². The lowest BCUT2D eigenvalue weighted by Gasteiger charge is -2.35. The first-order valence-corrected chi connectivity index (χ1v) is 7.93. The van der Waals surface area contributed by atoms with E-state index in [-0.39, 0.29) is 0 Å². The summed E-state index contributed by atoms with van der Waals surface area (Å²) in [5.41, 5.74) is 2.61. The maximum Gasteiger partial charge on any atom is 0.119 e. The lowest BCUT2D eigenvalue weighted by Crippen LogP contribution is -2.45. The highest BCUT2D eigenvalue weighted by atomic mass is 16.5. The van der Waals surface area contributed by atoms with Crippen molar-refractivity contribution in [1.82, 2.24) is 15.2 Å². The number of fused-ring (bicyclic) bond motifs is 1. The van der Waals surface area contributed by atoms with E-state index in [9.17, 15) is 0 Å². The van der Waals surface area contributed by atoms with Gasteiger partial charge in [-0.15, -0.1) is 0 Å². The molecule has 4 nitrogen and oxygen atoms in total. The van der Waals surface area contributed by atoms with Crippen LogP contribution >= 0.6 is 0 Å². The third-order valence-electron chi connectivity index (χ3n) is 4.43. The number of hydrogen-bond donors (Lipinski definition) is 2.